The molecule has 0 aromatic heterocycles. The van der Waals surface area contributed by atoms with Gasteiger partial charge >= 0.3 is 0 Å². The highest BCUT2D eigenvalue weighted by Crippen LogP contribution is 2.41. The van der Waals surface area contributed by atoms with Crippen molar-refractivity contribution in [3.63, 3.8) is 0 Å². The summed E-state index contributed by atoms with van der Waals surface area (Å²) in [5.74, 6) is 0.564. The number of hydrogen-bond donors (Lipinski definition) is 0. The van der Waals surface area contributed by atoms with E-state index in [9.17, 15) is 0 Å². The molecule has 20 heavy (non-hydrogen) atoms. The molecule has 0 heterocycles. The van der Waals surface area contributed by atoms with E-state index in [1.165, 1.54) is 44.9 Å². The molecule has 0 amide bonds. The third-order valence-corrected chi connectivity index (χ3v) is 4.86. The molecule has 3 atom stereocenters. The molecule has 1 fully saturated rings. The van der Waals surface area contributed by atoms with Gasteiger partial charge in [0, 0.05) is 20.8 Å². The second kappa shape index (κ2) is 9.75. The zero-order valence-corrected chi connectivity index (χ0v) is 14.0. The molecule has 1 aliphatic rings. The topological polar surface area (TPSA) is 27.7 Å². The molecule has 0 aromatic carbocycles. The highest BCUT2D eigenvalue weighted by Gasteiger charge is 2.48. The van der Waals surface area contributed by atoms with E-state index in [0.29, 0.717) is 12.5 Å². The van der Waals surface area contributed by atoms with Gasteiger partial charge in [0.05, 0.1) is 12.7 Å². The summed E-state index contributed by atoms with van der Waals surface area (Å²) >= 11 is 0. The first-order chi connectivity index (χ1) is 9.75. The Balaban J connectivity index is 2.69. The lowest BCUT2D eigenvalue weighted by atomic mass is 9.71. The fourth-order valence-electron chi connectivity index (χ4n) is 3.65. The Labute approximate surface area is 125 Å². The SMILES string of the molecule is CCCCCCC1CCCC(OC)C1(COCC)OC. The van der Waals surface area contributed by atoms with Gasteiger partial charge in [-0.2, -0.15) is 0 Å². The molecule has 1 aliphatic carbocycles. The van der Waals surface area contributed by atoms with Gasteiger partial charge in [-0.05, 0) is 32.1 Å². The van der Waals surface area contributed by atoms with E-state index in [1.807, 2.05) is 21.1 Å². The molecule has 0 spiro atoms. The summed E-state index contributed by atoms with van der Waals surface area (Å²) in [6.07, 6.45) is 10.2. The highest BCUT2D eigenvalue weighted by molar-refractivity contribution is 4.98. The van der Waals surface area contributed by atoms with Crippen molar-refractivity contribution in [1.82, 2.24) is 0 Å². The smallest absolute Gasteiger partial charge is 0.120 e. The van der Waals surface area contributed by atoms with Gasteiger partial charge in [0.2, 0.25) is 0 Å². The van der Waals surface area contributed by atoms with Gasteiger partial charge in [0.15, 0.2) is 0 Å². The van der Waals surface area contributed by atoms with Crippen molar-refractivity contribution in [1.29, 1.82) is 0 Å². The summed E-state index contributed by atoms with van der Waals surface area (Å²) in [5.41, 5.74) is -0.241. The lowest BCUT2D eigenvalue weighted by molar-refractivity contribution is -0.198. The first-order valence-electron chi connectivity index (χ1n) is 8.40. The van der Waals surface area contributed by atoms with Crippen molar-refractivity contribution < 1.29 is 14.2 Å². The molecule has 0 radical (unpaired) electrons. The second-order valence-electron chi connectivity index (χ2n) is 6.00. The second-order valence-corrected chi connectivity index (χ2v) is 6.00. The predicted octanol–water partition coefficient (Wildman–Crippen LogP) is 4.19. The zero-order valence-electron chi connectivity index (χ0n) is 14.0. The van der Waals surface area contributed by atoms with Gasteiger partial charge in [0.25, 0.3) is 0 Å². The van der Waals surface area contributed by atoms with Gasteiger partial charge in [-0.25, -0.2) is 0 Å². The van der Waals surface area contributed by atoms with E-state index in [-0.39, 0.29) is 11.7 Å². The Morgan fingerprint density at radius 3 is 2.45 bits per heavy atom. The van der Waals surface area contributed by atoms with Crippen molar-refractivity contribution >= 4 is 0 Å². The maximum absolute atomic E-state index is 6.00. The van der Waals surface area contributed by atoms with Gasteiger partial charge in [-0.3, -0.25) is 0 Å². The van der Waals surface area contributed by atoms with Crippen LogP contribution >= 0.6 is 0 Å². The standard InChI is InChI=1S/C17H34O3/c1-5-7-8-9-11-15-12-10-13-16(18-3)17(15,19-4)14-20-6-2/h15-16H,5-14H2,1-4H3. The number of rotatable bonds is 10. The van der Waals surface area contributed by atoms with E-state index in [4.69, 9.17) is 14.2 Å². The number of unbranched alkanes of at least 4 members (excludes halogenated alkanes) is 3. The molecule has 120 valence electrons. The van der Waals surface area contributed by atoms with Crippen LogP contribution < -0.4 is 0 Å². The van der Waals surface area contributed by atoms with Crippen LogP contribution in [0.1, 0.15) is 65.2 Å². The monoisotopic (exact) mass is 286 g/mol. The van der Waals surface area contributed by atoms with Crippen LogP contribution in [0.4, 0.5) is 0 Å². The summed E-state index contributed by atoms with van der Waals surface area (Å²) in [7, 11) is 3.64. The first kappa shape index (κ1) is 17.9. The molecular formula is C17H34O3. The molecule has 3 nitrogen and oxygen atoms in total. The molecule has 0 aromatic rings. The van der Waals surface area contributed by atoms with Crippen LogP contribution in [0.2, 0.25) is 0 Å². The summed E-state index contributed by atoms with van der Waals surface area (Å²) in [5, 5.41) is 0. The van der Waals surface area contributed by atoms with E-state index in [0.717, 1.165) is 13.0 Å². The molecular weight excluding hydrogens is 252 g/mol. The minimum absolute atomic E-state index is 0.170. The Bertz CT molecular complexity index is 244. The molecule has 0 N–H and O–H groups in total. The third kappa shape index (κ3) is 4.44. The normalized spacial score (nSPS) is 30.6. The van der Waals surface area contributed by atoms with Gasteiger partial charge in [-0.15, -0.1) is 0 Å². The molecule has 1 saturated carbocycles. The van der Waals surface area contributed by atoms with Crippen molar-refractivity contribution in [2.45, 2.75) is 76.9 Å². The van der Waals surface area contributed by atoms with Crippen molar-refractivity contribution in [2.24, 2.45) is 5.92 Å². The zero-order chi connectivity index (χ0) is 14.8. The van der Waals surface area contributed by atoms with Crippen LogP contribution in [0.3, 0.4) is 0 Å². The predicted molar refractivity (Wildman–Crippen MR) is 83.1 cm³/mol. The Morgan fingerprint density at radius 1 is 1.05 bits per heavy atom. The number of methoxy groups -OCH3 is 2. The average molecular weight is 286 g/mol. The number of ether oxygens (including phenoxy) is 3. The van der Waals surface area contributed by atoms with Gasteiger partial charge in [-0.1, -0.05) is 39.0 Å². The Hall–Kier alpha value is -0.120. The lowest BCUT2D eigenvalue weighted by Crippen LogP contribution is -2.57. The largest absolute Gasteiger partial charge is 0.379 e. The summed E-state index contributed by atoms with van der Waals surface area (Å²) < 4.78 is 17.5. The van der Waals surface area contributed by atoms with Crippen LogP contribution in [0.5, 0.6) is 0 Å². The maximum Gasteiger partial charge on any atom is 0.120 e. The fourth-order valence-corrected chi connectivity index (χ4v) is 3.65. The summed E-state index contributed by atoms with van der Waals surface area (Å²) in [6.45, 7) is 5.71. The average Bonchev–Trinajstić information content (AvgIpc) is 2.49. The van der Waals surface area contributed by atoms with E-state index in [2.05, 4.69) is 6.92 Å². The van der Waals surface area contributed by atoms with E-state index in [1.54, 1.807) is 0 Å². The minimum Gasteiger partial charge on any atom is -0.379 e. The molecule has 1 rings (SSSR count). The highest BCUT2D eigenvalue weighted by atomic mass is 16.6. The van der Waals surface area contributed by atoms with E-state index < -0.39 is 0 Å². The molecule has 0 saturated heterocycles. The van der Waals surface area contributed by atoms with Crippen LogP contribution in [0, 0.1) is 5.92 Å². The fraction of sp³-hybridized carbons (Fsp3) is 1.00. The summed E-state index contributed by atoms with van der Waals surface area (Å²) in [6, 6.07) is 0. The minimum atomic E-state index is -0.241. The van der Waals surface area contributed by atoms with Crippen molar-refractivity contribution in [3.8, 4) is 0 Å². The van der Waals surface area contributed by atoms with Crippen molar-refractivity contribution in [2.75, 3.05) is 27.4 Å². The van der Waals surface area contributed by atoms with Crippen LogP contribution in [-0.2, 0) is 14.2 Å². The molecule has 0 aliphatic heterocycles. The molecule has 0 bridgehead atoms. The first-order valence-corrected chi connectivity index (χ1v) is 8.40. The molecule has 3 heteroatoms. The Morgan fingerprint density at radius 2 is 1.85 bits per heavy atom. The lowest BCUT2D eigenvalue weighted by Gasteiger charge is -2.47. The van der Waals surface area contributed by atoms with Gasteiger partial charge < -0.3 is 14.2 Å². The summed E-state index contributed by atoms with van der Waals surface area (Å²) in [4.78, 5) is 0. The Kier molecular flexibility index (Phi) is 8.74. The quantitative estimate of drug-likeness (QED) is 0.563. The maximum atomic E-state index is 6.00. The van der Waals surface area contributed by atoms with Gasteiger partial charge in [0.1, 0.15) is 5.60 Å². The van der Waals surface area contributed by atoms with Crippen LogP contribution in [0.25, 0.3) is 0 Å². The third-order valence-electron chi connectivity index (χ3n) is 4.86. The van der Waals surface area contributed by atoms with Crippen LogP contribution in [0.15, 0.2) is 0 Å². The molecule has 3 unspecified atom stereocenters. The number of hydrogen-bond acceptors (Lipinski definition) is 3. The van der Waals surface area contributed by atoms with Crippen LogP contribution in [-0.4, -0.2) is 39.1 Å². The van der Waals surface area contributed by atoms with Crippen molar-refractivity contribution in [3.05, 3.63) is 0 Å². The van der Waals surface area contributed by atoms with E-state index >= 15 is 0 Å².